The topological polar surface area (TPSA) is 64.2 Å². The number of benzene rings is 2. The molecule has 2 N–H and O–H groups in total. The highest BCUT2D eigenvalue weighted by molar-refractivity contribution is 5.95. The molecule has 3 aromatic rings. The second-order valence-electron chi connectivity index (χ2n) is 6.49. The standard InChI is InChI=1S/C20H22N4O.2ClH/c1-2-23-17-10-4-3-9-16(17)22-19(23)18-11-6-12-24(18)20(25)14-7-5-8-15(21)13-14;;/h3-5,7-10,13,18H,2,6,11-12,21H2,1H3;2*1H. The van der Waals surface area contributed by atoms with Crippen LogP contribution < -0.4 is 5.73 Å². The molecule has 27 heavy (non-hydrogen) atoms. The van der Waals surface area contributed by atoms with E-state index in [-0.39, 0.29) is 36.8 Å². The van der Waals surface area contributed by atoms with E-state index in [1.54, 1.807) is 12.1 Å². The molecule has 2 heterocycles. The average Bonchev–Trinajstić information content (AvgIpc) is 3.25. The van der Waals surface area contributed by atoms with E-state index >= 15 is 0 Å². The third-order valence-electron chi connectivity index (χ3n) is 4.95. The van der Waals surface area contributed by atoms with Crippen molar-refractivity contribution in [1.82, 2.24) is 14.5 Å². The van der Waals surface area contributed by atoms with Gasteiger partial charge >= 0.3 is 0 Å². The highest BCUT2D eigenvalue weighted by atomic mass is 35.5. The van der Waals surface area contributed by atoms with E-state index in [0.29, 0.717) is 11.3 Å². The summed E-state index contributed by atoms with van der Waals surface area (Å²) in [6.45, 7) is 3.72. The Morgan fingerprint density at radius 3 is 2.70 bits per heavy atom. The van der Waals surface area contributed by atoms with Crippen LogP contribution in [0.5, 0.6) is 0 Å². The number of carbonyl (C=O) groups is 1. The number of halogens is 2. The first-order valence-electron chi connectivity index (χ1n) is 8.80. The third kappa shape index (κ3) is 3.75. The number of hydrogen-bond acceptors (Lipinski definition) is 3. The van der Waals surface area contributed by atoms with Gasteiger partial charge in [-0.25, -0.2) is 4.98 Å². The molecule has 0 saturated carbocycles. The number of nitrogen functional groups attached to an aromatic ring is 1. The Morgan fingerprint density at radius 2 is 1.96 bits per heavy atom. The predicted octanol–water partition coefficient (Wildman–Crippen LogP) is 4.46. The van der Waals surface area contributed by atoms with Gasteiger partial charge in [-0.1, -0.05) is 18.2 Å². The summed E-state index contributed by atoms with van der Waals surface area (Å²) in [4.78, 5) is 19.8. The van der Waals surface area contributed by atoms with Gasteiger partial charge < -0.3 is 15.2 Å². The highest BCUT2D eigenvalue weighted by Crippen LogP contribution is 2.34. The van der Waals surface area contributed by atoms with Gasteiger partial charge in [-0.2, -0.15) is 0 Å². The molecule has 0 radical (unpaired) electrons. The van der Waals surface area contributed by atoms with Crippen LogP contribution in [0.25, 0.3) is 11.0 Å². The summed E-state index contributed by atoms with van der Waals surface area (Å²) in [6.07, 6.45) is 1.93. The molecule has 2 aromatic carbocycles. The zero-order valence-corrected chi connectivity index (χ0v) is 16.8. The first kappa shape index (κ1) is 21.1. The molecule has 1 fully saturated rings. The number of hydrogen-bond donors (Lipinski definition) is 1. The van der Waals surface area contributed by atoms with Crippen LogP contribution in [0.15, 0.2) is 48.5 Å². The number of amides is 1. The van der Waals surface area contributed by atoms with Crippen LogP contribution in [-0.4, -0.2) is 26.9 Å². The molecule has 0 bridgehead atoms. The monoisotopic (exact) mass is 406 g/mol. The molecule has 1 aliphatic heterocycles. The normalized spacial score (nSPS) is 16.0. The molecule has 4 rings (SSSR count). The molecule has 0 spiro atoms. The molecular formula is C20H24Cl2N4O. The van der Waals surface area contributed by atoms with Crippen molar-refractivity contribution in [1.29, 1.82) is 0 Å². The maximum atomic E-state index is 13.0. The number of para-hydroxylation sites is 2. The molecule has 5 nitrogen and oxygen atoms in total. The van der Waals surface area contributed by atoms with Crippen LogP contribution in [0.4, 0.5) is 5.69 Å². The van der Waals surface area contributed by atoms with E-state index in [0.717, 1.165) is 42.8 Å². The Morgan fingerprint density at radius 1 is 1.19 bits per heavy atom. The van der Waals surface area contributed by atoms with Crippen LogP contribution in [0.2, 0.25) is 0 Å². The summed E-state index contributed by atoms with van der Waals surface area (Å²) in [7, 11) is 0. The van der Waals surface area contributed by atoms with Crippen molar-refractivity contribution >= 4 is 47.4 Å². The number of nitrogens with two attached hydrogens (primary N) is 1. The van der Waals surface area contributed by atoms with Crippen molar-refractivity contribution in [2.45, 2.75) is 32.4 Å². The van der Waals surface area contributed by atoms with Crippen molar-refractivity contribution in [2.24, 2.45) is 0 Å². The van der Waals surface area contributed by atoms with Crippen molar-refractivity contribution in [3.63, 3.8) is 0 Å². The number of anilines is 1. The number of likely N-dealkylation sites (tertiary alicyclic amines) is 1. The molecule has 144 valence electrons. The van der Waals surface area contributed by atoms with E-state index in [2.05, 4.69) is 17.6 Å². The quantitative estimate of drug-likeness (QED) is 0.652. The second kappa shape index (κ2) is 8.63. The van der Waals surface area contributed by atoms with Gasteiger partial charge in [-0.05, 0) is 50.1 Å². The van der Waals surface area contributed by atoms with Gasteiger partial charge in [0.15, 0.2) is 0 Å². The first-order valence-corrected chi connectivity index (χ1v) is 8.80. The summed E-state index contributed by atoms with van der Waals surface area (Å²) in [6, 6.07) is 15.4. The van der Waals surface area contributed by atoms with E-state index in [9.17, 15) is 4.79 Å². The average molecular weight is 407 g/mol. The van der Waals surface area contributed by atoms with Crippen LogP contribution in [0.3, 0.4) is 0 Å². The first-order chi connectivity index (χ1) is 12.2. The van der Waals surface area contributed by atoms with Gasteiger partial charge in [-0.15, -0.1) is 24.8 Å². The van der Waals surface area contributed by atoms with E-state index in [1.807, 2.05) is 35.2 Å². The lowest BCUT2D eigenvalue weighted by Gasteiger charge is -2.25. The Hall–Kier alpha value is -2.24. The molecule has 1 atom stereocenters. The molecular weight excluding hydrogens is 383 g/mol. The minimum Gasteiger partial charge on any atom is -0.399 e. The minimum atomic E-state index is 0. The van der Waals surface area contributed by atoms with Crippen LogP contribution in [0.1, 0.15) is 42.0 Å². The summed E-state index contributed by atoms with van der Waals surface area (Å²) in [5, 5.41) is 0. The van der Waals surface area contributed by atoms with Crippen molar-refractivity contribution in [3.8, 4) is 0 Å². The fraction of sp³-hybridized carbons (Fsp3) is 0.300. The van der Waals surface area contributed by atoms with Gasteiger partial charge in [0.05, 0.1) is 17.1 Å². The zero-order valence-electron chi connectivity index (χ0n) is 15.2. The minimum absolute atomic E-state index is 0. The molecule has 0 aliphatic carbocycles. The molecule has 1 aliphatic rings. The lowest BCUT2D eigenvalue weighted by atomic mass is 10.1. The lowest BCUT2D eigenvalue weighted by molar-refractivity contribution is 0.0728. The molecule has 1 aromatic heterocycles. The van der Waals surface area contributed by atoms with E-state index < -0.39 is 0 Å². The Bertz CT molecular complexity index is 941. The summed E-state index contributed by atoms with van der Waals surface area (Å²) < 4.78 is 2.23. The van der Waals surface area contributed by atoms with Gasteiger partial charge in [0, 0.05) is 24.3 Å². The number of aryl methyl sites for hydroxylation is 1. The number of fused-ring (bicyclic) bond motifs is 1. The number of nitrogens with zero attached hydrogens (tertiary/aromatic N) is 3. The molecule has 7 heteroatoms. The fourth-order valence-electron chi connectivity index (χ4n) is 3.80. The van der Waals surface area contributed by atoms with Gasteiger partial charge in [0.2, 0.25) is 0 Å². The van der Waals surface area contributed by atoms with E-state index in [4.69, 9.17) is 10.7 Å². The summed E-state index contributed by atoms with van der Waals surface area (Å²) in [5.41, 5.74) is 9.22. The second-order valence-corrected chi connectivity index (χ2v) is 6.49. The zero-order chi connectivity index (χ0) is 17.4. The maximum absolute atomic E-state index is 13.0. The smallest absolute Gasteiger partial charge is 0.254 e. The molecule has 1 amide bonds. The number of carbonyl (C=O) groups excluding carboxylic acids is 1. The number of imidazole rings is 1. The van der Waals surface area contributed by atoms with Crippen LogP contribution >= 0.6 is 24.8 Å². The number of rotatable bonds is 3. The SMILES string of the molecule is CCn1c(C2CCCN2C(=O)c2cccc(N)c2)nc2ccccc21.Cl.Cl. The van der Waals surface area contributed by atoms with E-state index in [1.165, 1.54) is 0 Å². The van der Waals surface area contributed by atoms with Crippen molar-refractivity contribution in [2.75, 3.05) is 12.3 Å². The maximum Gasteiger partial charge on any atom is 0.254 e. The van der Waals surface area contributed by atoms with Crippen LogP contribution in [0, 0.1) is 0 Å². The summed E-state index contributed by atoms with van der Waals surface area (Å²) in [5.74, 6) is 1.02. The molecule has 1 saturated heterocycles. The largest absolute Gasteiger partial charge is 0.399 e. The predicted molar refractivity (Wildman–Crippen MR) is 114 cm³/mol. The van der Waals surface area contributed by atoms with Gasteiger partial charge in [-0.3, -0.25) is 4.79 Å². The third-order valence-corrected chi connectivity index (χ3v) is 4.95. The molecule has 1 unspecified atom stereocenters. The Labute approximate surface area is 171 Å². The highest BCUT2D eigenvalue weighted by Gasteiger charge is 2.34. The van der Waals surface area contributed by atoms with Crippen molar-refractivity contribution in [3.05, 3.63) is 59.9 Å². The van der Waals surface area contributed by atoms with Gasteiger partial charge in [0.1, 0.15) is 5.82 Å². The lowest BCUT2D eigenvalue weighted by Crippen LogP contribution is -2.32. The summed E-state index contributed by atoms with van der Waals surface area (Å²) >= 11 is 0. The van der Waals surface area contributed by atoms with Crippen LogP contribution in [-0.2, 0) is 6.54 Å². The fourth-order valence-corrected chi connectivity index (χ4v) is 3.80. The Balaban J connectivity index is 0.00000131. The van der Waals surface area contributed by atoms with Crippen molar-refractivity contribution < 1.29 is 4.79 Å². The number of aromatic nitrogens is 2. The Kier molecular flexibility index (Phi) is 6.73. The van der Waals surface area contributed by atoms with Gasteiger partial charge in [0.25, 0.3) is 5.91 Å².